The minimum Gasteiger partial charge on any atom is -0.415 e. The van der Waals surface area contributed by atoms with Gasteiger partial charge in [0.05, 0.1) is 52.9 Å². The van der Waals surface area contributed by atoms with E-state index in [1.54, 1.807) is 7.11 Å². The van der Waals surface area contributed by atoms with E-state index in [-0.39, 0.29) is 0 Å². The summed E-state index contributed by atoms with van der Waals surface area (Å²) in [5.41, 5.74) is 0. The van der Waals surface area contributed by atoms with Crippen LogP contribution in [-0.2, 0) is 23.4 Å². The molecule has 0 heterocycles. The molecule has 0 aliphatic carbocycles. The van der Waals surface area contributed by atoms with Gasteiger partial charge in [-0.1, -0.05) is 13.3 Å². The van der Waals surface area contributed by atoms with Crippen molar-refractivity contribution >= 4 is 9.76 Å². The maximum atomic E-state index is 5.39. The van der Waals surface area contributed by atoms with Crippen molar-refractivity contribution in [3.05, 3.63) is 0 Å². The van der Waals surface area contributed by atoms with Crippen LogP contribution in [0.25, 0.3) is 0 Å². The Hall–Kier alpha value is 0.0169. The predicted octanol–water partition coefficient (Wildman–Crippen LogP) is 1.15. The van der Waals surface area contributed by atoms with E-state index in [0.29, 0.717) is 62.6 Å². The van der Waals surface area contributed by atoms with Crippen molar-refractivity contribution in [1.29, 1.82) is 0 Å². The van der Waals surface area contributed by atoms with E-state index in [0.717, 1.165) is 6.04 Å². The fourth-order valence-corrected chi connectivity index (χ4v) is 1.61. The summed E-state index contributed by atoms with van der Waals surface area (Å²) in [7, 11) is 2.26. The van der Waals surface area contributed by atoms with Crippen molar-refractivity contribution in [2.24, 2.45) is 0 Å². The van der Waals surface area contributed by atoms with Gasteiger partial charge in [-0.05, 0) is 6.04 Å². The Balaban J connectivity index is 2.86. The van der Waals surface area contributed by atoms with E-state index >= 15 is 0 Å². The molecule has 0 aliphatic heterocycles. The first-order valence-corrected chi connectivity index (χ1v) is 7.60. The second-order valence-corrected chi connectivity index (χ2v) is 4.65. The Morgan fingerprint density at radius 1 is 0.722 bits per heavy atom. The van der Waals surface area contributed by atoms with Crippen LogP contribution in [0.4, 0.5) is 0 Å². The maximum Gasteiger partial charge on any atom is 0.229 e. The molecular weight excluding hydrogens is 252 g/mol. The molecule has 0 rings (SSSR count). The van der Waals surface area contributed by atoms with Crippen molar-refractivity contribution in [2.45, 2.75) is 19.4 Å². The first-order valence-electron chi connectivity index (χ1n) is 6.48. The average Bonchev–Trinajstić information content (AvgIpc) is 2.39. The van der Waals surface area contributed by atoms with Crippen LogP contribution in [0, 0.1) is 0 Å². The van der Waals surface area contributed by atoms with Crippen LogP contribution in [-0.4, -0.2) is 69.7 Å². The fourth-order valence-electron chi connectivity index (χ4n) is 1.03. The van der Waals surface area contributed by atoms with Gasteiger partial charge in [0.1, 0.15) is 0 Å². The molecule has 0 aliphatic rings. The molecule has 0 saturated heterocycles. The summed E-state index contributed by atoms with van der Waals surface area (Å²) in [6.45, 7) is 7.13. The Morgan fingerprint density at radius 2 is 1.22 bits per heavy atom. The topological polar surface area (TPSA) is 46.2 Å². The van der Waals surface area contributed by atoms with Gasteiger partial charge in [0.2, 0.25) is 9.76 Å². The molecule has 0 aromatic heterocycles. The van der Waals surface area contributed by atoms with Gasteiger partial charge < -0.3 is 23.4 Å². The van der Waals surface area contributed by atoms with E-state index in [1.165, 1.54) is 6.42 Å². The average molecular weight is 278 g/mol. The molecule has 6 heteroatoms. The quantitative estimate of drug-likeness (QED) is 0.332. The Bertz CT molecular complexity index is 132. The standard InChI is InChI=1S/C12H26O5Si/c1-3-12-18-17-11-10-16-9-8-15-7-6-14-5-4-13-2/h3-12H2,1-2H3. The van der Waals surface area contributed by atoms with Gasteiger partial charge in [-0.15, -0.1) is 0 Å². The molecule has 0 N–H and O–H groups in total. The van der Waals surface area contributed by atoms with Crippen molar-refractivity contribution < 1.29 is 23.4 Å². The number of hydrogen-bond acceptors (Lipinski definition) is 5. The molecule has 0 fully saturated rings. The Labute approximate surface area is 113 Å². The third-order valence-corrected chi connectivity index (χ3v) is 3.07. The predicted molar refractivity (Wildman–Crippen MR) is 71.1 cm³/mol. The van der Waals surface area contributed by atoms with Gasteiger partial charge in [-0.2, -0.15) is 0 Å². The largest absolute Gasteiger partial charge is 0.415 e. The summed E-state index contributed by atoms with van der Waals surface area (Å²) < 4.78 is 26.2. The SMILES string of the molecule is CCC[Si]OCCOCCOCCOCCOC. The summed E-state index contributed by atoms with van der Waals surface area (Å²) in [5, 5.41) is 0. The van der Waals surface area contributed by atoms with Crippen molar-refractivity contribution in [3.8, 4) is 0 Å². The van der Waals surface area contributed by atoms with Crippen LogP contribution in [0.1, 0.15) is 13.3 Å². The zero-order valence-electron chi connectivity index (χ0n) is 11.6. The molecule has 0 atom stereocenters. The number of hydrogen-bond donors (Lipinski definition) is 0. The van der Waals surface area contributed by atoms with Crippen LogP contribution in [0.5, 0.6) is 0 Å². The number of rotatable bonds is 15. The summed E-state index contributed by atoms with van der Waals surface area (Å²) in [6.07, 6.45) is 1.18. The highest BCUT2D eigenvalue weighted by atomic mass is 28.2. The molecule has 2 radical (unpaired) electrons. The second kappa shape index (κ2) is 17.0. The highest BCUT2D eigenvalue weighted by Gasteiger charge is 1.93. The molecule has 18 heavy (non-hydrogen) atoms. The van der Waals surface area contributed by atoms with E-state index < -0.39 is 0 Å². The van der Waals surface area contributed by atoms with E-state index in [4.69, 9.17) is 23.4 Å². The number of methoxy groups -OCH3 is 1. The van der Waals surface area contributed by atoms with Crippen molar-refractivity contribution in [1.82, 2.24) is 0 Å². The zero-order valence-corrected chi connectivity index (χ0v) is 12.6. The lowest BCUT2D eigenvalue weighted by Gasteiger charge is -2.06. The third-order valence-electron chi connectivity index (χ3n) is 1.96. The first-order chi connectivity index (χ1) is 8.91. The van der Waals surface area contributed by atoms with Crippen molar-refractivity contribution in [3.63, 3.8) is 0 Å². The smallest absolute Gasteiger partial charge is 0.229 e. The second-order valence-electron chi connectivity index (χ2n) is 3.57. The van der Waals surface area contributed by atoms with E-state index in [9.17, 15) is 0 Å². The molecule has 0 aromatic rings. The lowest BCUT2D eigenvalue weighted by atomic mass is 10.6. The maximum absolute atomic E-state index is 5.39. The van der Waals surface area contributed by atoms with Gasteiger partial charge in [0, 0.05) is 7.11 Å². The lowest BCUT2D eigenvalue weighted by Crippen LogP contribution is -2.13. The third kappa shape index (κ3) is 16.0. The van der Waals surface area contributed by atoms with E-state index in [1.807, 2.05) is 0 Å². The molecule has 0 saturated carbocycles. The molecule has 5 nitrogen and oxygen atoms in total. The summed E-state index contributed by atoms with van der Waals surface area (Å²) >= 11 is 0. The minimum absolute atomic E-state index is 0.599. The zero-order chi connectivity index (χ0) is 13.3. The summed E-state index contributed by atoms with van der Waals surface area (Å²) in [5.74, 6) is 0. The van der Waals surface area contributed by atoms with Gasteiger partial charge in [0.25, 0.3) is 0 Å². The lowest BCUT2D eigenvalue weighted by molar-refractivity contribution is 0.000250. The van der Waals surface area contributed by atoms with Crippen LogP contribution in [0.2, 0.25) is 6.04 Å². The monoisotopic (exact) mass is 278 g/mol. The molecule has 0 amide bonds. The molecule has 108 valence electrons. The van der Waals surface area contributed by atoms with Crippen LogP contribution >= 0.6 is 0 Å². The van der Waals surface area contributed by atoms with E-state index in [2.05, 4.69) is 6.92 Å². The van der Waals surface area contributed by atoms with Gasteiger partial charge in [-0.3, -0.25) is 0 Å². The fraction of sp³-hybridized carbons (Fsp3) is 1.00. The molecule has 0 unspecified atom stereocenters. The van der Waals surface area contributed by atoms with Gasteiger partial charge >= 0.3 is 0 Å². The van der Waals surface area contributed by atoms with Crippen LogP contribution < -0.4 is 0 Å². The minimum atomic E-state index is 0.599. The number of ether oxygens (including phenoxy) is 4. The molecule has 0 aromatic carbocycles. The highest BCUT2D eigenvalue weighted by molar-refractivity contribution is 6.26. The van der Waals surface area contributed by atoms with Crippen LogP contribution in [0.15, 0.2) is 0 Å². The Kier molecular flexibility index (Phi) is 17.0. The first kappa shape index (κ1) is 18.0. The van der Waals surface area contributed by atoms with Crippen molar-refractivity contribution in [2.75, 3.05) is 60.0 Å². The summed E-state index contributed by atoms with van der Waals surface area (Å²) in [4.78, 5) is 0. The van der Waals surface area contributed by atoms with Crippen LogP contribution in [0.3, 0.4) is 0 Å². The molecule has 0 spiro atoms. The summed E-state index contributed by atoms with van der Waals surface area (Å²) in [6, 6.07) is 1.15. The Morgan fingerprint density at radius 3 is 1.72 bits per heavy atom. The molecular formula is C12H26O5Si. The molecule has 0 bridgehead atoms. The highest BCUT2D eigenvalue weighted by Crippen LogP contribution is 1.87. The van der Waals surface area contributed by atoms with Gasteiger partial charge in [0.15, 0.2) is 0 Å². The normalized spacial score (nSPS) is 11.0. The van der Waals surface area contributed by atoms with Gasteiger partial charge in [-0.25, -0.2) is 0 Å².